The summed E-state index contributed by atoms with van der Waals surface area (Å²) >= 11 is 7.39. The van der Waals surface area contributed by atoms with E-state index in [-0.39, 0.29) is 11.0 Å². The molecule has 1 aromatic heterocycles. The zero-order chi connectivity index (χ0) is 16.3. The van der Waals surface area contributed by atoms with Crippen molar-refractivity contribution in [2.24, 2.45) is 0 Å². The zero-order valence-electron chi connectivity index (χ0n) is 12.5. The number of anilines is 1. The summed E-state index contributed by atoms with van der Waals surface area (Å²) in [4.78, 5) is 16.5. The largest absolute Gasteiger partial charge is 0.317 e. The van der Waals surface area contributed by atoms with Crippen molar-refractivity contribution in [3.63, 3.8) is 0 Å². The van der Waals surface area contributed by atoms with Crippen molar-refractivity contribution in [3.8, 4) is 0 Å². The molecule has 4 nitrogen and oxygen atoms in total. The second-order valence-electron chi connectivity index (χ2n) is 5.05. The molecule has 1 heterocycles. The molecule has 22 heavy (non-hydrogen) atoms. The molecule has 0 aliphatic carbocycles. The van der Waals surface area contributed by atoms with Crippen molar-refractivity contribution in [1.29, 1.82) is 0 Å². The fourth-order valence-electron chi connectivity index (χ4n) is 2.05. The normalized spacial score (nSPS) is 10.2. The van der Waals surface area contributed by atoms with E-state index in [0.29, 0.717) is 11.4 Å². The van der Waals surface area contributed by atoms with E-state index in [1.54, 1.807) is 12.3 Å². The first kappa shape index (κ1) is 16.8. The highest BCUT2D eigenvalue weighted by Crippen LogP contribution is 2.14. The summed E-state index contributed by atoms with van der Waals surface area (Å²) in [6, 6.07) is 7.67. The summed E-state index contributed by atoms with van der Waals surface area (Å²) < 4.78 is 1.05. The lowest BCUT2D eigenvalue weighted by atomic mass is 10.1. The van der Waals surface area contributed by atoms with Crippen LogP contribution in [-0.2, 0) is 0 Å². The Morgan fingerprint density at radius 3 is 2.55 bits per heavy atom. The smallest absolute Gasteiger partial charge is 0.257 e. The number of amides is 1. The lowest BCUT2D eigenvalue weighted by Crippen LogP contribution is -2.35. The molecular formula is C16H16IN3OS. The molecular weight excluding hydrogens is 409 g/mol. The zero-order valence-corrected chi connectivity index (χ0v) is 15.5. The van der Waals surface area contributed by atoms with Gasteiger partial charge in [0.05, 0.1) is 0 Å². The maximum absolute atomic E-state index is 12.3. The van der Waals surface area contributed by atoms with Gasteiger partial charge in [-0.25, -0.2) is 4.98 Å². The minimum Gasteiger partial charge on any atom is -0.317 e. The standard InChI is InChI=1S/C16H16IN3OS/c1-9-4-5-13(10(2)6-9)15(21)20-16(22)19-14-11(3)7-12(17)8-18-14/h4-8H,1-3H3,(H2,18,19,20,21,22). The third-order valence-electron chi connectivity index (χ3n) is 3.13. The van der Waals surface area contributed by atoms with Crippen LogP contribution in [0, 0.1) is 24.3 Å². The predicted molar refractivity (Wildman–Crippen MR) is 101 cm³/mol. The van der Waals surface area contributed by atoms with E-state index in [1.165, 1.54) is 0 Å². The van der Waals surface area contributed by atoms with Crippen molar-refractivity contribution >= 4 is 51.6 Å². The van der Waals surface area contributed by atoms with E-state index in [1.807, 2.05) is 39.0 Å². The number of hydrogen-bond donors (Lipinski definition) is 2. The molecule has 0 saturated carbocycles. The van der Waals surface area contributed by atoms with E-state index >= 15 is 0 Å². The summed E-state index contributed by atoms with van der Waals surface area (Å²) in [5.74, 6) is 0.421. The third kappa shape index (κ3) is 4.23. The molecule has 0 unspecified atom stereocenters. The number of nitrogens with one attached hydrogen (secondary N) is 2. The van der Waals surface area contributed by atoms with Gasteiger partial charge in [0.2, 0.25) is 0 Å². The fourth-order valence-corrected chi connectivity index (χ4v) is 2.84. The molecule has 0 aliphatic heterocycles. The predicted octanol–water partition coefficient (Wildman–Crippen LogP) is 3.74. The number of thiocarbonyl (C=S) groups is 1. The first-order chi connectivity index (χ1) is 10.4. The Hall–Kier alpha value is -1.54. The third-order valence-corrected chi connectivity index (χ3v) is 3.92. The Bertz CT molecular complexity index is 746. The molecule has 2 N–H and O–H groups in total. The molecule has 0 saturated heterocycles. The molecule has 0 fully saturated rings. The molecule has 1 aromatic carbocycles. The van der Waals surface area contributed by atoms with Crippen molar-refractivity contribution in [2.75, 3.05) is 5.32 Å². The molecule has 6 heteroatoms. The van der Waals surface area contributed by atoms with Gasteiger partial charge in [-0.3, -0.25) is 10.1 Å². The summed E-state index contributed by atoms with van der Waals surface area (Å²) in [6.45, 7) is 5.83. The highest BCUT2D eigenvalue weighted by molar-refractivity contribution is 14.1. The van der Waals surface area contributed by atoms with Crippen molar-refractivity contribution in [1.82, 2.24) is 10.3 Å². The van der Waals surface area contributed by atoms with Crippen LogP contribution in [0.4, 0.5) is 5.82 Å². The van der Waals surface area contributed by atoms with Crippen molar-refractivity contribution in [3.05, 3.63) is 56.3 Å². The van der Waals surface area contributed by atoms with Gasteiger partial charge in [-0.2, -0.15) is 0 Å². The van der Waals surface area contributed by atoms with Gasteiger partial charge in [0.1, 0.15) is 5.82 Å². The molecule has 2 rings (SSSR count). The number of aromatic nitrogens is 1. The number of hydrogen-bond acceptors (Lipinski definition) is 3. The highest BCUT2D eigenvalue weighted by atomic mass is 127. The minimum atomic E-state index is -0.224. The Morgan fingerprint density at radius 2 is 1.91 bits per heavy atom. The quantitative estimate of drug-likeness (QED) is 0.569. The second-order valence-corrected chi connectivity index (χ2v) is 6.70. The number of rotatable bonds is 2. The van der Waals surface area contributed by atoms with Gasteiger partial charge >= 0.3 is 0 Å². The summed E-state index contributed by atoms with van der Waals surface area (Å²) in [5.41, 5.74) is 3.62. The van der Waals surface area contributed by atoms with Crippen LogP contribution in [0.15, 0.2) is 30.5 Å². The van der Waals surface area contributed by atoms with Gasteiger partial charge < -0.3 is 5.32 Å². The molecule has 2 aromatic rings. The van der Waals surface area contributed by atoms with Crippen LogP contribution in [-0.4, -0.2) is 16.0 Å². The number of aryl methyl sites for hydroxylation is 3. The molecule has 0 aliphatic rings. The number of halogens is 1. The van der Waals surface area contributed by atoms with E-state index in [4.69, 9.17) is 12.2 Å². The first-order valence-corrected chi connectivity index (χ1v) is 8.17. The van der Waals surface area contributed by atoms with Crippen molar-refractivity contribution < 1.29 is 4.79 Å². The van der Waals surface area contributed by atoms with Crippen LogP contribution in [0.25, 0.3) is 0 Å². The Morgan fingerprint density at radius 1 is 1.18 bits per heavy atom. The van der Waals surface area contributed by atoms with Crippen LogP contribution < -0.4 is 10.6 Å². The fraction of sp³-hybridized carbons (Fsp3) is 0.188. The monoisotopic (exact) mass is 425 g/mol. The second kappa shape index (κ2) is 7.15. The number of carbonyl (C=O) groups is 1. The van der Waals surface area contributed by atoms with Gasteiger partial charge in [-0.15, -0.1) is 0 Å². The summed E-state index contributed by atoms with van der Waals surface area (Å²) in [5, 5.41) is 5.88. The number of pyridine rings is 1. The Kier molecular flexibility index (Phi) is 5.47. The molecule has 114 valence electrons. The number of benzene rings is 1. The SMILES string of the molecule is Cc1ccc(C(=O)NC(=S)Nc2ncc(I)cc2C)c(C)c1. The van der Waals surface area contributed by atoms with E-state index in [2.05, 4.69) is 38.2 Å². The maximum atomic E-state index is 12.3. The van der Waals surface area contributed by atoms with Crippen LogP contribution in [0.5, 0.6) is 0 Å². The van der Waals surface area contributed by atoms with Crippen LogP contribution in [0.1, 0.15) is 27.0 Å². The van der Waals surface area contributed by atoms with Crippen LogP contribution in [0.2, 0.25) is 0 Å². The lowest BCUT2D eigenvalue weighted by Gasteiger charge is -2.12. The van der Waals surface area contributed by atoms with Crippen LogP contribution in [0.3, 0.4) is 0 Å². The summed E-state index contributed by atoms with van der Waals surface area (Å²) in [6.07, 6.45) is 1.74. The highest BCUT2D eigenvalue weighted by Gasteiger charge is 2.11. The van der Waals surface area contributed by atoms with Crippen molar-refractivity contribution in [2.45, 2.75) is 20.8 Å². The molecule has 0 radical (unpaired) electrons. The van der Waals surface area contributed by atoms with Gasteiger partial charge in [-0.05, 0) is 78.8 Å². The number of carbonyl (C=O) groups excluding carboxylic acids is 1. The average molecular weight is 425 g/mol. The van der Waals surface area contributed by atoms with Gasteiger partial charge in [-0.1, -0.05) is 17.7 Å². The number of nitrogens with zero attached hydrogens (tertiary/aromatic N) is 1. The maximum Gasteiger partial charge on any atom is 0.257 e. The topological polar surface area (TPSA) is 54.0 Å². The van der Waals surface area contributed by atoms with Gasteiger partial charge in [0.25, 0.3) is 5.91 Å². The Labute approximate surface area is 148 Å². The average Bonchev–Trinajstić information content (AvgIpc) is 2.41. The van der Waals surface area contributed by atoms with E-state index in [0.717, 1.165) is 20.3 Å². The minimum absolute atomic E-state index is 0.224. The molecule has 0 atom stereocenters. The Balaban J connectivity index is 2.06. The summed E-state index contributed by atoms with van der Waals surface area (Å²) in [7, 11) is 0. The van der Waals surface area contributed by atoms with E-state index in [9.17, 15) is 4.79 Å². The van der Waals surface area contributed by atoms with E-state index < -0.39 is 0 Å². The molecule has 1 amide bonds. The van der Waals surface area contributed by atoms with Crippen LogP contribution >= 0.6 is 34.8 Å². The molecule has 0 spiro atoms. The molecule has 0 bridgehead atoms. The van der Waals surface area contributed by atoms with Gasteiger partial charge in [0.15, 0.2) is 5.11 Å². The van der Waals surface area contributed by atoms with Gasteiger partial charge in [0, 0.05) is 15.3 Å². The first-order valence-electron chi connectivity index (χ1n) is 6.68. The lowest BCUT2D eigenvalue weighted by molar-refractivity contribution is 0.0977.